The molecule has 28 heavy (non-hydrogen) atoms. The zero-order chi connectivity index (χ0) is 20.9. The molecule has 2 rings (SSSR count). The lowest BCUT2D eigenvalue weighted by atomic mass is 10.1. The van der Waals surface area contributed by atoms with E-state index in [0.717, 1.165) is 0 Å². The van der Waals surface area contributed by atoms with Crippen LogP contribution in [0.5, 0.6) is 0 Å². The van der Waals surface area contributed by atoms with Crippen LogP contribution in [0.25, 0.3) is 0 Å². The maximum absolute atomic E-state index is 13.5. The number of hydrogen-bond acceptors (Lipinski definition) is 5. The third-order valence-corrected chi connectivity index (χ3v) is 4.83. The Morgan fingerprint density at radius 3 is 2.79 bits per heavy atom. The van der Waals surface area contributed by atoms with Gasteiger partial charge in [-0.25, -0.2) is 9.18 Å². The Kier molecular flexibility index (Phi) is 7.63. The van der Waals surface area contributed by atoms with Crippen LogP contribution in [0, 0.1) is 5.82 Å². The van der Waals surface area contributed by atoms with Crippen molar-refractivity contribution in [1.29, 1.82) is 0 Å². The van der Waals surface area contributed by atoms with Crippen molar-refractivity contribution in [3.05, 3.63) is 34.6 Å². The molecule has 1 N–H and O–H groups in total. The van der Waals surface area contributed by atoms with Gasteiger partial charge in [-0.1, -0.05) is 23.7 Å². The highest BCUT2D eigenvalue weighted by Gasteiger charge is 2.35. The fourth-order valence-electron chi connectivity index (χ4n) is 2.88. The smallest absolute Gasteiger partial charge is 0.317 e. The minimum atomic E-state index is -0.689. The van der Waals surface area contributed by atoms with Gasteiger partial charge in [0.1, 0.15) is 12.4 Å². The van der Waals surface area contributed by atoms with Gasteiger partial charge in [0.25, 0.3) is 0 Å². The van der Waals surface area contributed by atoms with Gasteiger partial charge < -0.3 is 24.4 Å². The van der Waals surface area contributed by atoms with Gasteiger partial charge in [-0.2, -0.15) is 0 Å². The molecule has 1 heterocycles. The number of rotatable bonds is 7. The Hall–Kier alpha value is -1.90. The molecule has 0 radical (unpaired) electrons. The van der Waals surface area contributed by atoms with Crippen molar-refractivity contribution in [3.63, 3.8) is 0 Å². The summed E-state index contributed by atoms with van der Waals surface area (Å²) < 4.78 is 30.0. The van der Waals surface area contributed by atoms with Crippen molar-refractivity contribution < 1.29 is 28.2 Å². The molecule has 7 nitrogen and oxygen atoms in total. The summed E-state index contributed by atoms with van der Waals surface area (Å²) in [6.45, 7) is 5.41. The minimum absolute atomic E-state index is 0.0272. The molecule has 0 spiro atoms. The summed E-state index contributed by atoms with van der Waals surface area (Å²) in [6.07, 6.45) is 0.199. The first-order valence-corrected chi connectivity index (χ1v) is 9.35. The zero-order valence-electron chi connectivity index (χ0n) is 16.5. The molecule has 0 bridgehead atoms. The molecule has 0 aromatic heterocycles. The first-order chi connectivity index (χ1) is 13.1. The van der Waals surface area contributed by atoms with E-state index in [-0.39, 0.29) is 24.3 Å². The molecule has 2 atom stereocenters. The van der Waals surface area contributed by atoms with Crippen LogP contribution in [0.2, 0.25) is 5.02 Å². The average Bonchev–Trinajstić information content (AvgIpc) is 2.97. The van der Waals surface area contributed by atoms with Crippen molar-refractivity contribution in [2.24, 2.45) is 0 Å². The number of hydrogen-bond donors (Lipinski definition) is 1. The number of carbonyl (C=O) groups is 2. The van der Waals surface area contributed by atoms with Gasteiger partial charge >= 0.3 is 12.0 Å². The highest BCUT2D eigenvalue weighted by atomic mass is 35.5. The molecule has 9 heteroatoms. The number of likely N-dealkylation sites (N-methyl/N-ethyl adjacent to an activating group) is 1. The molecule has 1 fully saturated rings. The van der Waals surface area contributed by atoms with E-state index in [1.807, 2.05) is 13.8 Å². The van der Waals surface area contributed by atoms with Crippen molar-refractivity contribution in [2.45, 2.75) is 51.7 Å². The van der Waals surface area contributed by atoms with Crippen LogP contribution in [0.15, 0.2) is 18.2 Å². The summed E-state index contributed by atoms with van der Waals surface area (Å²) in [6, 6.07) is 3.58. The van der Waals surface area contributed by atoms with Gasteiger partial charge in [0.2, 0.25) is 0 Å². The van der Waals surface area contributed by atoms with E-state index in [9.17, 15) is 14.0 Å². The fraction of sp³-hybridized carbons (Fsp3) is 0.579. The molecule has 1 aliphatic rings. The minimum Gasteiger partial charge on any atom is -0.464 e. The first-order valence-electron chi connectivity index (χ1n) is 8.97. The molecule has 0 aliphatic carbocycles. The van der Waals surface area contributed by atoms with Crippen LogP contribution in [0.1, 0.15) is 32.8 Å². The van der Waals surface area contributed by atoms with E-state index >= 15 is 0 Å². The zero-order valence-corrected chi connectivity index (χ0v) is 17.2. The van der Waals surface area contributed by atoms with Gasteiger partial charge in [-0.3, -0.25) is 4.79 Å². The van der Waals surface area contributed by atoms with E-state index in [1.165, 1.54) is 24.0 Å². The van der Waals surface area contributed by atoms with Crippen LogP contribution in [0.4, 0.5) is 9.18 Å². The predicted molar refractivity (Wildman–Crippen MR) is 101 cm³/mol. The Morgan fingerprint density at radius 2 is 2.18 bits per heavy atom. The molecule has 0 saturated carbocycles. The van der Waals surface area contributed by atoms with Crippen LogP contribution in [0.3, 0.4) is 0 Å². The summed E-state index contributed by atoms with van der Waals surface area (Å²) in [5, 5.41) is 2.67. The molecule has 2 amide bonds. The third kappa shape index (κ3) is 6.32. The van der Waals surface area contributed by atoms with Crippen molar-refractivity contribution >= 4 is 23.6 Å². The summed E-state index contributed by atoms with van der Waals surface area (Å²) in [4.78, 5) is 25.2. The SMILES string of the molecule is CC(=O)OCC(C[C@@H]1COC(C)(C)O1)N(C)C(=O)NCc1cccc(F)c1Cl. The van der Waals surface area contributed by atoms with Crippen LogP contribution in [-0.2, 0) is 25.5 Å². The largest absolute Gasteiger partial charge is 0.464 e. The van der Waals surface area contributed by atoms with Gasteiger partial charge in [0, 0.05) is 20.5 Å². The summed E-state index contributed by atoms with van der Waals surface area (Å²) >= 11 is 5.92. The van der Waals surface area contributed by atoms with Gasteiger partial charge in [-0.05, 0) is 31.9 Å². The summed E-state index contributed by atoms with van der Waals surface area (Å²) in [5.74, 6) is -1.67. The van der Waals surface area contributed by atoms with E-state index in [1.54, 1.807) is 13.1 Å². The van der Waals surface area contributed by atoms with Gasteiger partial charge in [0.15, 0.2) is 5.79 Å². The predicted octanol–water partition coefficient (Wildman–Crippen LogP) is 3.09. The number of amides is 2. The maximum atomic E-state index is 13.5. The van der Waals surface area contributed by atoms with E-state index in [2.05, 4.69) is 5.32 Å². The fourth-order valence-corrected chi connectivity index (χ4v) is 3.07. The van der Waals surface area contributed by atoms with Gasteiger partial charge in [0.05, 0.1) is 23.8 Å². The molecule has 156 valence electrons. The quantitative estimate of drug-likeness (QED) is 0.691. The second kappa shape index (κ2) is 9.54. The highest BCUT2D eigenvalue weighted by Crippen LogP contribution is 2.26. The van der Waals surface area contributed by atoms with E-state index in [0.29, 0.717) is 18.6 Å². The third-order valence-electron chi connectivity index (χ3n) is 4.41. The second-order valence-corrected chi connectivity index (χ2v) is 7.50. The van der Waals surface area contributed by atoms with Crippen LogP contribution in [-0.4, -0.2) is 55.1 Å². The molecule has 1 aromatic rings. The molecular formula is C19H26ClFN2O5. The van der Waals surface area contributed by atoms with Gasteiger partial charge in [-0.15, -0.1) is 0 Å². The Balaban J connectivity index is 1.99. The number of nitrogens with zero attached hydrogens (tertiary/aromatic N) is 1. The maximum Gasteiger partial charge on any atom is 0.317 e. The van der Waals surface area contributed by atoms with E-state index < -0.39 is 29.6 Å². The van der Waals surface area contributed by atoms with Crippen molar-refractivity contribution in [1.82, 2.24) is 10.2 Å². The number of nitrogens with one attached hydrogen (secondary N) is 1. The molecule has 1 aromatic carbocycles. The highest BCUT2D eigenvalue weighted by molar-refractivity contribution is 6.31. The lowest BCUT2D eigenvalue weighted by molar-refractivity contribution is -0.146. The average molecular weight is 417 g/mol. The molecule has 1 unspecified atom stereocenters. The van der Waals surface area contributed by atoms with Crippen LogP contribution >= 0.6 is 11.6 Å². The molecule has 1 saturated heterocycles. The lowest BCUT2D eigenvalue weighted by Gasteiger charge is -2.30. The normalized spacial score (nSPS) is 19.1. The number of urea groups is 1. The molecular weight excluding hydrogens is 391 g/mol. The number of carbonyl (C=O) groups excluding carboxylic acids is 2. The second-order valence-electron chi connectivity index (χ2n) is 7.13. The van der Waals surface area contributed by atoms with Crippen LogP contribution < -0.4 is 5.32 Å². The standard InChI is InChI=1S/C19H26ClFN2O5/c1-12(24)26-10-14(8-15-11-27-19(2,3)28-15)23(4)18(25)22-9-13-6-5-7-16(21)17(13)20/h5-7,14-15H,8-11H2,1-4H3,(H,22,25)/t14?,15-/m1/s1. The monoisotopic (exact) mass is 416 g/mol. The Bertz CT molecular complexity index is 716. The number of ether oxygens (including phenoxy) is 3. The first kappa shape index (κ1) is 22.4. The number of esters is 1. The molecule has 1 aliphatic heterocycles. The lowest BCUT2D eigenvalue weighted by Crippen LogP contribution is -2.47. The van der Waals surface area contributed by atoms with Crippen molar-refractivity contribution in [2.75, 3.05) is 20.3 Å². The Labute approximate surface area is 169 Å². The van der Waals surface area contributed by atoms with Crippen molar-refractivity contribution in [3.8, 4) is 0 Å². The topological polar surface area (TPSA) is 77.1 Å². The van der Waals surface area contributed by atoms with E-state index in [4.69, 9.17) is 25.8 Å². The summed E-state index contributed by atoms with van der Waals surface area (Å²) in [5.41, 5.74) is 0.467. The number of halogens is 2. The summed E-state index contributed by atoms with van der Waals surface area (Å²) in [7, 11) is 1.59. The number of benzene rings is 1. The Morgan fingerprint density at radius 1 is 1.46 bits per heavy atom.